The number of para-hydroxylation sites is 1. The first kappa shape index (κ1) is 20.1. The van der Waals surface area contributed by atoms with Gasteiger partial charge in [-0.25, -0.2) is 0 Å². The van der Waals surface area contributed by atoms with Gasteiger partial charge in [0.15, 0.2) is 5.69 Å². The third-order valence-electron chi connectivity index (χ3n) is 3.96. The Balaban J connectivity index is 0.00000243. The molecule has 0 saturated carbocycles. The number of hydrogen-bond acceptors (Lipinski definition) is 4. The molecule has 2 aromatic rings. The number of nitrogens with one attached hydrogen (secondary N) is 2. The van der Waals surface area contributed by atoms with Crippen LogP contribution < -0.4 is 10.1 Å². The minimum Gasteiger partial charge on any atom is -0.405 e. The number of nitrogens with zero attached hydrogens (tertiary/aromatic N) is 2. The molecule has 0 atom stereocenters. The van der Waals surface area contributed by atoms with Gasteiger partial charge in [-0.05, 0) is 6.07 Å². The summed E-state index contributed by atoms with van der Waals surface area (Å²) < 4.78 is 41.5. The number of H-pyrrole nitrogens is 1. The third-order valence-corrected chi connectivity index (χ3v) is 3.96. The van der Waals surface area contributed by atoms with Gasteiger partial charge in [-0.1, -0.05) is 18.2 Å². The molecule has 3 rings (SSSR count). The molecular weight excluding hydrogens is 373 g/mol. The van der Waals surface area contributed by atoms with Gasteiger partial charge in [-0.3, -0.25) is 9.89 Å². The average Bonchev–Trinajstić information content (AvgIpc) is 2.98. The maximum Gasteiger partial charge on any atom is 0.573 e. The number of benzene rings is 1. The number of halogens is 4. The summed E-state index contributed by atoms with van der Waals surface area (Å²) in [5.74, 6) is -0.677. The Morgan fingerprint density at radius 2 is 2.08 bits per heavy atom. The summed E-state index contributed by atoms with van der Waals surface area (Å²) in [6.07, 6.45) is -4.03. The molecule has 2 heterocycles. The van der Waals surface area contributed by atoms with Gasteiger partial charge >= 0.3 is 6.36 Å². The summed E-state index contributed by atoms with van der Waals surface area (Å²) >= 11 is 0. The van der Waals surface area contributed by atoms with Gasteiger partial charge in [-0.15, -0.1) is 25.6 Å². The summed E-state index contributed by atoms with van der Waals surface area (Å²) in [6, 6.07) is 5.76. The highest BCUT2D eigenvalue weighted by Gasteiger charge is 2.32. The molecule has 0 aliphatic carbocycles. The van der Waals surface area contributed by atoms with Crippen LogP contribution in [-0.4, -0.2) is 41.0 Å². The first-order valence-electron chi connectivity index (χ1n) is 7.71. The highest BCUT2D eigenvalue weighted by atomic mass is 35.5. The molecule has 0 fully saturated rings. The lowest BCUT2D eigenvalue weighted by Crippen LogP contribution is -2.30. The van der Waals surface area contributed by atoms with Crippen LogP contribution in [0.5, 0.6) is 5.75 Å². The summed E-state index contributed by atoms with van der Waals surface area (Å²) in [5.41, 5.74) is 2.27. The van der Waals surface area contributed by atoms with E-state index in [-0.39, 0.29) is 36.2 Å². The topological polar surface area (TPSA) is 70.2 Å². The molecule has 0 bridgehead atoms. The van der Waals surface area contributed by atoms with Crippen LogP contribution in [-0.2, 0) is 19.5 Å². The van der Waals surface area contributed by atoms with Crippen molar-refractivity contribution in [3.8, 4) is 5.75 Å². The van der Waals surface area contributed by atoms with Crippen LogP contribution in [0.25, 0.3) is 0 Å². The van der Waals surface area contributed by atoms with Crippen molar-refractivity contribution < 1.29 is 22.7 Å². The standard InChI is InChI=1S/C16H17F3N4O2.ClH/c1-23(9-10-4-2-3-5-13(10)25-16(17,18)19)15(24)14-11-8-20-7-6-12(11)21-22-14;/h2-5,20H,6-9H2,1H3,(H,21,22);1H. The fourth-order valence-electron chi connectivity index (χ4n) is 2.77. The number of aromatic nitrogens is 2. The zero-order valence-electron chi connectivity index (χ0n) is 13.9. The van der Waals surface area contributed by atoms with Crippen LogP contribution >= 0.6 is 12.4 Å². The first-order chi connectivity index (χ1) is 11.8. The molecule has 1 aliphatic rings. The van der Waals surface area contributed by atoms with E-state index < -0.39 is 6.36 Å². The molecule has 10 heteroatoms. The maximum atomic E-state index is 12.6. The highest BCUT2D eigenvalue weighted by molar-refractivity contribution is 5.93. The molecule has 6 nitrogen and oxygen atoms in total. The first-order valence-corrected chi connectivity index (χ1v) is 7.71. The zero-order valence-corrected chi connectivity index (χ0v) is 14.7. The normalized spacial score (nSPS) is 13.5. The molecule has 1 aromatic carbocycles. The van der Waals surface area contributed by atoms with Gasteiger partial charge in [0.2, 0.25) is 0 Å². The van der Waals surface area contributed by atoms with E-state index in [2.05, 4.69) is 20.3 Å². The molecule has 142 valence electrons. The van der Waals surface area contributed by atoms with Crippen LogP contribution in [0.1, 0.15) is 27.3 Å². The number of ether oxygens (including phenoxy) is 1. The van der Waals surface area contributed by atoms with Crippen molar-refractivity contribution in [1.29, 1.82) is 0 Å². The highest BCUT2D eigenvalue weighted by Crippen LogP contribution is 2.27. The van der Waals surface area contributed by atoms with E-state index in [9.17, 15) is 18.0 Å². The molecule has 26 heavy (non-hydrogen) atoms. The maximum absolute atomic E-state index is 12.6. The second kappa shape index (κ2) is 7.96. The van der Waals surface area contributed by atoms with Crippen molar-refractivity contribution in [3.05, 3.63) is 46.8 Å². The monoisotopic (exact) mass is 390 g/mol. The predicted octanol–water partition coefficient (Wildman–Crippen LogP) is 2.65. The van der Waals surface area contributed by atoms with Gasteiger partial charge in [-0.2, -0.15) is 5.10 Å². The zero-order chi connectivity index (χ0) is 18.0. The van der Waals surface area contributed by atoms with E-state index >= 15 is 0 Å². The van der Waals surface area contributed by atoms with Gasteiger partial charge in [0.1, 0.15) is 5.75 Å². The number of amides is 1. The molecule has 0 spiro atoms. The Kier molecular flexibility index (Phi) is 6.14. The Morgan fingerprint density at radius 3 is 2.81 bits per heavy atom. The Hall–Kier alpha value is -2.26. The summed E-state index contributed by atoms with van der Waals surface area (Å²) in [6.45, 7) is 1.31. The lowest BCUT2D eigenvalue weighted by atomic mass is 10.1. The molecule has 1 aliphatic heterocycles. The van der Waals surface area contributed by atoms with Gasteiger partial charge < -0.3 is 15.0 Å². The van der Waals surface area contributed by atoms with E-state index in [1.54, 1.807) is 6.07 Å². The SMILES string of the molecule is CN(Cc1ccccc1OC(F)(F)F)C(=O)c1n[nH]c2c1CNCC2.Cl. The van der Waals surface area contributed by atoms with E-state index in [1.807, 2.05) is 0 Å². The number of fused-ring (bicyclic) bond motifs is 1. The lowest BCUT2D eigenvalue weighted by molar-refractivity contribution is -0.275. The smallest absolute Gasteiger partial charge is 0.405 e. The van der Waals surface area contributed by atoms with Crippen molar-refractivity contribution in [2.24, 2.45) is 0 Å². The molecule has 0 radical (unpaired) electrons. The minimum atomic E-state index is -4.79. The van der Waals surface area contributed by atoms with Gasteiger partial charge in [0.25, 0.3) is 5.91 Å². The lowest BCUT2D eigenvalue weighted by Gasteiger charge is -2.20. The van der Waals surface area contributed by atoms with Crippen LogP contribution in [0, 0.1) is 0 Å². The summed E-state index contributed by atoms with van der Waals surface area (Å²) in [7, 11) is 1.52. The van der Waals surface area contributed by atoms with Gasteiger partial charge in [0.05, 0.1) is 0 Å². The van der Waals surface area contributed by atoms with E-state index in [4.69, 9.17) is 0 Å². The van der Waals surface area contributed by atoms with E-state index in [0.29, 0.717) is 12.2 Å². The fourth-order valence-corrected chi connectivity index (χ4v) is 2.77. The van der Waals surface area contributed by atoms with Crippen LogP contribution in [0.4, 0.5) is 13.2 Å². The number of hydrogen-bond donors (Lipinski definition) is 2. The Labute approximate surface area is 154 Å². The van der Waals surface area contributed by atoms with Crippen molar-refractivity contribution in [3.63, 3.8) is 0 Å². The number of carbonyl (C=O) groups excluding carboxylic acids is 1. The van der Waals surface area contributed by atoms with E-state index in [0.717, 1.165) is 24.2 Å². The van der Waals surface area contributed by atoms with Crippen LogP contribution in [0.15, 0.2) is 24.3 Å². The quantitative estimate of drug-likeness (QED) is 0.842. The molecule has 0 unspecified atom stereocenters. The number of carbonyl (C=O) groups is 1. The van der Waals surface area contributed by atoms with Crippen molar-refractivity contribution in [1.82, 2.24) is 20.4 Å². The van der Waals surface area contributed by atoms with Crippen molar-refractivity contribution in [2.45, 2.75) is 25.9 Å². The molecule has 1 amide bonds. The largest absolute Gasteiger partial charge is 0.573 e. The van der Waals surface area contributed by atoms with E-state index in [1.165, 1.54) is 30.1 Å². The second-order valence-corrected chi connectivity index (χ2v) is 5.77. The number of aromatic amines is 1. The fraction of sp³-hybridized carbons (Fsp3) is 0.375. The molecule has 1 aromatic heterocycles. The third kappa shape index (κ3) is 4.47. The summed E-state index contributed by atoms with van der Waals surface area (Å²) in [4.78, 5) is 14.0. The molecule has 0 saturated heterocycles. The average molecular weight is 391 g/mol. The number of alkyl halides is 3. The Bertz CT molecular complexity index is 779. The van der Waals surface area contributed by atoms with Gasteiger partial charge in [0, 0.05) is 49.9 Å². The van der Waals surface area contributed by atoms with Crippen LogP contribution in [0.2, 0.25) is 0 Å². The molecular formula is C16H18ClF3N4O2. The predicted molar refractivity (Wildman–Crippen MR) is 90.2 cm³/mol. The van der Waals surface area contributed by atoms with Crippen molar-refractivity contribution >= 4 is 18.3 Å². The summed E-state index contributed by atoms with van der Waals surface area (Å²) in [5, 5.41) is 10.1. The van der Waals surface area contributed by atoms with Crippen molar-refractivity contribution in [2.75, 3.05) is 13.6 Å². The number of rotatable bonds is 4. The van der Waals surface area contributed by atoms with Crippen LogP contribution in [0.3, 0.4) is 0 Å². The Morgan fingerprint density at radius 1 is 1.35 bits per heavy atom. The molecule has 2 N–H and O–H groups in total. The second-order valence-electron chi connectivity index (χ2n) is 5.77. The minimum absolute atomic E-state index is 0.